The van der Waals surface area contributed by atoms with Gasteiger partial charge in [-0.2, -0.15) is 0 Å². The number of nitrogens with zero attached hydrogens (tertiary/aromatic N) is 1. The van der Waals surface area contributed by atoms with Gasteiger partial charge in [-0.15, -0.1) is 0 Å². The van der Waals surface area contributed by atoms with Crippen molar-refractivity contribution in [1.82, 2.24) is 0 Å². The van der Waals surface area contributed by atoms with Crippen molar-refractivity contribution in [3.05, 3.63) is 71.8 Å². The normalized spacial score (nSPS) is 12.2. The van der Waals surface area contributed by atoms with Gasteiger partial charge < -0.3 is 23.4 Å². The zero-order chi connectivity index (χ0) is 26.8. The van der Waals surface area contributed by atoms with Gasteiger partial charge in [0.15, 0.2) is 6.10 Å². The summed E-state index contributed by atoms with van der Waals surface area (Å²) < 4.78 is 23.0. The van der Waals surface area contributed by atoms with Crippen LogP contribution in [0.1, 0.15) is 49.7 Å². The number of hydrogen-bond donors (Lipinski definition) is 0. The van der Waals surface area contributed by atoms with E-state index in [1.54, 1.807) is 0 Å². The van der Waals surface area contributed by atoms with Crippen LogP contribution in [0.5, 0.6) is 0 Å². The molecule has 0 saturated carbocycles. The van der Waals surface area contributed by atoms with Crippen LogP contribution in [0.4, 0.5) is 0 Å². The second kappa shape index (κ2) is 17.7. The van der Waals surface area contributed by atoms with Crippen LogP contribution in [0, 0.1) is 0 Å². The van der Waals surface area contributed by atoms with Crippen LogP contribution in [-0.2, 0) is 41.8 Å². The summed E-state index contributed by atoms with van der Waals surface area (Å²) in [6.45, 7) is 2.98. The molecule has 0 spiro atoms. The third-order valence-electron chi connectivity index (χ3n) is 5.54. The van der Waals surface area contributed by atoms with E-state index in [2.05, 4.69) is 0 Å². The second-order valence-corrected chi connectivity index (χ2v) is 10.3. The van der Waals surface area contributed by atoms with Gasteiger partial charge in [-0.25, -0.2) is 0 Å². The minimum absolute atomic E-state index is 0.0742. The van der Waals surface area contributed by atoms with E-state index in [1.807, 2.05) is 81.8 Å². The SMILES string of the molecule is C[N+](C)(C)CC(COC(=O)CCCCOCc1ccccc1)OC(=O)CCCCOCc1ccccc1. The molecule has 2 rings (SSSR count). The lowest BCUT2D eigenvalue weighted by atomic mass is 10.2. The van der Waals surface area contributed by atoms with Gasteiger partial charge >= 0.3 is 11.9 Å². The lowest BCUT2D eigenvalue weighted by molar-refractivity contribution is -0.873. The van der Waals surface area contributed by atoms with Crippen molar-refractivity contribution in [2.75, 3.05) is 47.5 Å². The highest BCUT2D eigenvalue weighted by molar-refractivity contribution is 5.70. The number of rotatable bonds is 19. The first kappa shape index (κ1) is 30.5. The molecule has 0 amide bonds. The molecule has 2 aromatic carbocycles. The Labute approximate surface area is 222 Å². The van der Waals surface area contributed by atoms with Gasteiger partial charge in [0.1, 0.15) is 13.2 Å². The molecule has 0 radical (unpaired) electrons. The van der Waals surface area contributed by atoms with Crippen LogP contribution >= 0.6 is 0 Å². The van der Waals surface area contributed by atoms with E-state index in [0.717, 1.165) is 24.0 Å². The van der Waals surface area contributed by atoms with E-state index in [0.29, 0.717) is 63.1 Å². The first-order chi connectivity index (χ1) is 17.8. The average molecular weight is 515 g/mol. The molecule has 1 atom stereocenters. The minimum Gasteiger partial charge on any atom is -0.461 e. The predicted octanol–water partition coefficient (Wildman–Crippen LogP) is 4.92. The van der Waals surface area contributed by atoms with Crippen molar-refractivity contribution in [2.24, 2.45) is 0 Å². The fourth-order valence-corrected chi connectivity index (χ4v) is 3.71. The Hall–Kier alpha value is -2.74. The third-order valence-corrected chi connectivity index (χ3v) is 5.54. The first-order valence-electron chi connectivity index (χ1n) is 13.2. The van der Waals surface area contributed by atoms with Crippen LogP contribution in [0.3, 0.4) is 0 Å². The molecular formula is C30H44NO6+. The van der Waals surface area contributed by atoms with Crippen molar-refractivity contribution in [1.29, 1.82) is 0 Å². The Bertz CT molecular complexity index is 882. The molecule has 37 heavy (non-hydrogen) atoms. The highest BCUT2D eigenvalue weighted by atomic mass is 16.6. The average Bonchev–Trinajstić information content (AvgIpc) is 2.87. The highest BCUT2D eigenvalue weighted by Gasteiger charge is 2.23. The Morgan fingerprint density at radius 1 is 0.703 bits per heavy atom. The smallest absolute Gasteiger partial charge is 0.306 e. The number of carbonyl (C=O) groups excluding carboxylic acids is 2. The quantitative estimate of drug-likeness (QED) is 0.151. The van der Waals surface area contributed by atoms with E-state index in [1.165, 1.54) is 0 Å². The van der Waals surface area contributed by atoms with Crippen LogP contribution < -0.4 is 0 Å². The van der Waals surface area contributed by atoms with E-state index < -0.39 is 6.10 Å². The van der Waals surface area contributed by atoms with E-state index in [-0.39, 0.29) is 18.5 Å². The maximum Gasteiger partial charge on any atom is 0.306 e. The molecule has 7 heteroatoms. The zero-order valence-corrected chi connectivity index (χ0v) is 22.7. The molecule has 0 heterocycles. The van der Waals surface area contributed by atoms with Gasteiger partial charge in [-0.05, 0) is 36.8 Å². The maximum atomic E-state index is 12.4. The summed E-state index contributed by atoms with van der Waals surface area (Å²) in [6.07, 6.45) is 3.12. The maximum absolute atomic E-state index is 12.4. The zero-order valence-electron chi connectivity index (χ0n) is 22.7. The number of unbranched alkanes of at least 4 members (excludes halogenated alkanes) is 2. The van der Waals surface area contributed by atoms with E-state index in [9.17, 15) is 9.59 Å². The van der Waals surface area contributed by atoms with Gasteiger partial charge in [0, 0.05) is 26.1 Å². The van der Waals surface area contributed by atoms with Gasteiger partial charge in [0.2, 0.25) is 0 Å². The van der Waals surface area contributed by atoms with Crippen LogP contribution in [0.15, 0.2) is 60.7 Å². The fourth-order valence-electron chi connectivity index (χ4n) is 3.71. The lowest BCUT2D eigenvalue weighted by Gasteiger charge is -2.28. The fraction of sp³-hybridized carbons (Fsp3) is 0.533. The third kappa shape index (κ3) is 15.9. The van der Waals surface area contributed by atoms with Crippen molar-refractivity contribution in [3.63, 3.8) is 0 Å². The highest BCUT2D eigenvalue weighted by Crippen LogP contribution is 2.08. The number of hydrogen-bond acceptors (Lipinski definition) is 6. The number of ether oxygens (including phenoxy) is 4. The summed E-state index contributed by atoms with van der Waals surface area (Å²) in [5.41, 5.74) is 2.27. The Balaban J connectivity index is 1.57. The summed E-state index contributed by atoms with van der Waals surface area (Å²) in [7, 11) is 6.05. The van der Waals surface area contributed by atoms with Crippen LogP contribution in [-0.4, -0.2) is 70.0 Å². The van der Waals surface area contributed by atoms with Gasteiger partial charge in [0.05, 0.1) is 34.4 Å². The lowest BCUT2D eigenvalue weighted by Crippen LogP contribution is -2.45. The number of quaternary nitrogens is 1. The van der Waals surface area contributed by atoms with E-state index in [4.69, 9.17) is 18.9 Å². The van der Waals surface area contributed by atoms with Crippen molar-refractivity contribution in [3.8, 4) is 0 Å². The summed E-state index contributed by atoms with van der Waals surface area (Å²) in [6, 6.07) is 20.0. The summed E-state index contributed by atoms with van der Waals surface area (Å²) in [4.78, 5) is 24.6. The molecule has 7 nitrogen and oxygen atoms in total. The summed E-state index contributed by atoms with van der Waals surface area (Å²) in [5, 5.41) is 0. The van der Waals surface area contributed by atoms with Gasteiger partial charge in [-0.3, -0.25) is 9.59 Å². The molecule has 0 saturated heterocycles. The molecule has 1 unspecified atom stereocenters. The molecule has 0 aliphatic rings. The predicted molar refractivity (Wildman–Crippen MR) is 144 cm³/mol. The molecule has 0 N–H and O–H groups in total. The van der Waals surface area contributed by atoms with Crippen molar-refractivity contribution in [2.45, 2.75) is 57.8 Å². The number of carbonyl (C=O) groups is 2. The number of likely N-dealkylation sites (N-methyl/N-ethyl adjacent to an activating group) is 1. The number of esters is 2. The molecule has 0 aromatic heterocycles. The van der Waals surface area contributed by atoms with Crippen LogP contribution in [0.25, 0.3) is 0 Å². The number of benzene rings is 2. The van der Waals surface area contributed by atoms with Gasteiger partial charge in [0.25, 0.3) is 0 Å². The van der Waals surface area contributed by atoms with Crippen LogP contribution in [0.2, 0.25) is 0 Å². The minimum atomic E-state index is -0.472. The Morgan fingerprint density at radius 2 is 1.19 bits per heavy atom. The molecule has 204 valence electrons. The van der Waals surface area contributed by atoms with Gasteiger partial charge in [-0.1, -0.05) is 60.7 Å². The molecule has 0 aliphatic carbocycles. The second-order valence-electron chi connectivity index (χ2n) is 10.3. The molecular weight excluding hydrogens is 470 g/mol. The van der Waals surface area contributed by atoms with Crippen molar-refractivity contribution >= 4 is 11.9 Å². The molecule has 2 aromatic rings. The van der Waals surface area contributed by atoms with Crippen molar-refractivity contribution < 1.29 is 33.0 Å². The largest absolute Gasteiger partial charge is 0.461 e. The summed E-state index contributed by atoms with van der Waals surface area (Å²) >= 11 is 0. The topological polar surface area (TPSA) is 71.1 Å². The molecule has 0 aliphatic heterocycles. The first-order valence-corrected chi connectivity index (χ1v) is 13.2. The summed E-state index contributed by atoms with van der Waals surface area (Å²) in [5.74, 6) is -0.547. The standard InChI is InChI=1S/C30H44NO6/c1-31(2,3)22-28(37-30(33)19-11-13-21-35-24-27-16-8-5-9-17-27)25-36-29(32)18-10-12-20-34-23-26-14-6-4-7-15-26/h4-9,14-17,28H,10-13,18-25H2,1-3H3/q+1. The monoisotopic (exact) mass is 514 g/mol. The molecule has 0 bridgehead atoms. The molecule has 0 fully saturated rings. The van der Waals surface area contributed by atoms with E-state index >= 15 is 0 Å². The Morgan fingerprint density at radius 3 is 1.68 bits per heavy atom. The Kier molecular flexibility index (Phi) is 14.6.